The maximum absolute atomic E-state index is 11.0. The Hall–Kier alpha value is -1.76. The number of amides is 1. The molecule has 0 radical (unpaired) electrons. The fraction of sp³-hybridized carbons (Fsp3) is 0.364. The van der Waals surface area contributed by atoms with Crippen molar-refractivity contribution in [2.75, 3.05) is 11.0 Å². The van der Waals surface area contributed by atoms with Gasteiger partial charge in [-0.25, -0.2) is 13.2 Å². The molecule has 0 spiro atoms. The Morgan fingerprint density at radius 2 is 1.72 bits per heavy atom. The van der Waals surface area contributed by atoms with Gasteiger partial charge in [-0.2, -0.15) is 0 Å². The molecule has 7 heteroatoms. The number of carbonyl (C=O) groups is 1. The minimum absolute atomic E-state index is 0.437. The van der Waals surface area contributed by atoms with Crippen molar-refractivity contribution in [1.82, 2.24) is 5.32 Å². The van der Waals surface area contributed by atoms with Crippen LogP contribution in [-0.2, 0) is 15.6 Å². The molecule has 0 heterocycles. The fourth-order valence-electron chi connectivity index (χ4n) is 1.51. The summed E-state index contributed by atoms with van der Waals surface area (Å²) >= 11 is 0. The van der Waals surface area contributed by atoms with Gasteiger partial charge >= 0.3 is 6.09 Å². The SMILES string of the molecule is CC(C)(NC(=O)O)c1ccc(NS(C)(=O)=O)cc1. The van der Waals surface area contributed by atoms with Crippen LogP contribution in [0.25, 0.3) is 0 Å². The molecule has 1 amide bonds. The number of sulfonamides is 1. The first-order valence-electron chi connectivity index (χ1n) is 5.19. The quantitative estimate of drug-likeness (QED) is 0.775. The summed E-state index contributed by atoms with van der Waals surface area (Å²) in [6.45, 7) is 3.44. The van der Waals surface area contributed by atoms with Gasteiger partial charge in [0.1, 0.15) is 0 Å². The average molecular weight is 272 g/mol. The first-order valence-corrected chi connectivity index (χ1v) is 7.09. The zero-order valence-corrected chi connectivity index (χ0v) is 11.2. The summed E-state index contributed by atoms with van der Waals surface area (Å²) in [6.07, 6.45) is -0.0463. The van der Waals surface area contributed by atoms with Crippen LogP contribution < -0.4 is 10.0 Å². The molecule has 0 unspecified atom stereocenters. The Bertz CT molecular complexity index is 535. The second-order valence-corrected chi connectivity index (χ2v) is 6.26. The lowest BCUT2D eigenvalue weighted by Gasteiger charge is -2.25. The predicted molar refractivity (Wildman–Crippen MR) is 69.1 cm³/mol. The molecule has 0 aromatic heterocycles. The zero-order valence-electron chi connectivity index (χ0n) is 10.4. The number of nitrogens with one attached hydrogen (secondary N) is 2. The second kappa shape index (κ2) is 4.85. The molecule has 0 saturated heterocycles. The lowest BCUT2D eigenvalue weighted by molar-refractivity contribution is 0.182. The Kier molecular flexibility index (Phi) is 3.85. The van der Waals surface area contributed by atoms with Crippen molar-refractivity contribution in [2.45, 2.75) is 19.4 Å². The predicted octanol–water partition coefficient (Wildman–Crippen LogP) is 1.56. The molecular formula is C11H16N2O4S. The van der Waals surface area contributed by atoms with Crippen molar-refractivity contribution in [2.24, 2.45) is 0 Å². The molecule has 0 aliphatic rings. The van der Waals surface area contributed by atoms with Crippen molar-refractivity contribution >= 4 is 21.8 Å². The minimum Gasteiger partial charge on any atom is -0.465 e. The lowest BCUT2D eigenvalue weighted by atomic mass is 9.94. The standard InChI is InChI=1S/C11H16N2O4S/c1-11(2,12-10(14)15)8-4-6-9(7-5-8)13-18(3,16)17/h4-7,12-13H,1-3H3,(H,14,15). The van der Waals surface area contributed by atoms with Crippen LogP contribution in [0.2, 0.25) is 0 Å². The van der Waals surface area contributed by atoms with Crippen LogP contribution in [0.1, 0.15) is 19.4 Å². The van der Waals surface area contributed by atoms with E-state index in [9.17, 15) is 13.2 Å². The Balaban J connectivity index is 2.92. The van der Waals surface area contributed by atoms with E-state index in [0.29, 0.717) is 5.69 Å². The van der Waals surface area contributed by atoms with Crippen LogP contribution in [0, 0.1) is 0 Å². The largest absolute Gasteiger partial charge is 0.465 e. The molecule has 6 nitrogen and oxygen atoms in total. The number of hydrogen-bond acceptors (Lipinski definition) is 3. The van der Waals surface area contributed by atoms with Gasteiger partial charge < -0.3 is 10.4 Å². The first kappa shape index (κ1) is 14.3. The molecule has 1 aromatic rings. The van der Waals surface area contributed by atoms with E-state index in [0.717, 1.165) is 11.8 Å². The number of hydrogen-bond donors (Lipinski definition) is 3. The molecule has 3 N–H and O–H groups in total. The zero-order chi connectivity index (χ0) is 14.0. The highest BCUT2D eigenvalue weighted by atomic mass is 32.2. The van der Waals surface area contributed by atoms with E-state index in [1.807, 2.05) is 0 Å². The number of rotatable bonds is 4. The van der Waals surface area contributed by atoms with Gasteiger partial charge in [0, 0.05) is 5.69 Å². The maximum atomic E-state index is 11.0. The van der Waals surface area contributed by atoms with Crippen molar-refractivity contribution in [3.8, 4) is 0 Å². The molecule has 1 rings (SSSR count). The highest BCUT2D eigenvalue weighted by Crippen LogP contribution is 2.22. The van der Waals surface area contributed by atoms with Crippen LogP contribution in [0.3, 0.4) is 0 Å². The molecule has 0 bridgehead atoms. The highest BCUT2D eigenvalue weighted by molar-refractivity contribution is 7.92. The summed E-state index contributed by atoms with van der Waals surface area (Å²) in [5, 5.41) is 11.1. The Morgan fingerprint density at radius 3 is 2.11 bits per heavy atom. The van der Waals surface area contributed by atoms with Gasteiger partial charge in [-0.3, -0.25) is 4.72 Å². The van der Waals surface area contributed by atoms with Crippen molar-refractivity contribution in [3.63, 3.8) is 0 Å². The highest BCUT2D eigenvalue weighted by Gasteiger charge is 2.22. The normalized spacial score (nSPS) is 11.9. The summed E-state index contributed by atoms with van der Waals surface area (Å²) in [5.74, 6) is 0. The molecular weight excluding hydrogens is 256 g/mol. The monoisotopic (exact) mass is 272 g/mol. The fourth-order valence-corrected chi connectivity index (χ4v) is 2.07. The third-order valence-corrected chi connectivity index (χ3v) is 2.94. The van der Waals surface area contributed by atoms with Gasteiger partial charge in [0.2, 0.25) is 10.0 Å². The van der Waals surface area contributed by atoms with Crippen molar-refractivity contribution in [3.05, 3.63) is 29.8 Å². The average Bonchev–Trinajstić information content (AvgIpc) is 2.13. The van der Waals surface area contributed by atoms with E-state index in [1.54, 1.807) is 38.1 Å². The van der Waals surface area contributed by atoms with Crippen LogP contribution in [-0.4, -0.2) is 25.9 Å². The van der Waals surface area contributed by atoms with Crippen molar-refractivity contribution < 1.29 is 18.3 Å². The van der Waals surface area contributed by atoms with E-state index in [2.05, 4.69) is 10.0 Å². The summed E-state index contributed by atoms with van der Waals surface area (Å²) in [5.41, 5.74) is 0.437. The van der Waals surface area contributed by atoms with E-state index in [1.165, 1.54) is 0 Å². The van der Waals surface area contributed by atoms with Crippen LogP contribution in [0.15, 0.2) is 24.3 Å². The van der Waals surface area contributed by atoms with Gasteiger partial charge in [0.25, 0.3) is 0 Å². The van der Waals surface area contributed by atoms with Gasteiger partial charge in [0.05, 0.1) is 11.8 Å². The summed E-state index contributed by atoms with van der Waals surface area (Å²) < 4.78 is 24.4. The van der Waals surface area contributed by atoms with Gasteiger partial charge in [0.15, 0.2) is 0 Å². The first-order chi connectivity index (χ1) is 8.10. The molecule has 0 saturated carbocycles. The smallest absolute Gasteiger partial charge is 0.405 e. The maximum Gasteiger partial charge on any atom is 0.405 e. The van der Waals surface area contributed by atoms with E-state index < -0.39 is 21.7 Å². The van der Waals surface area contributed by atoms with E-state index in [4.69, 9.17) is 5.11 Å². The van der Waals surface area contributed by atoms with Crippen LogP contribution in [0.4, 0.5) is 10.5 Å². The van der Waals surface area contributed by atoms with Gasteiger partial charge in [-0.05, 0) is 31.5 Å². The summed E-state index contributed by atoms with van der Waals surface area (Å²) in [4.78, 5) is 10.6. The third-order valence-electron chi connectivity index (χ3n) is 2.33. The summed E-state index contributed by atoms with van der Waals surface area (Å²) in [7, 11) is -3.30. The summed E-state index contributed by atoms with van der Waals surface area (Å²) in [6, 6.07) is 6.51. The minimum atomic E-state index is -3.30. The topological polar surface area (TPSA) is 95.5 Å². The Morgan fingerprint density at radius 1 is 1.22 bits per heavy atom. The molecule has 0 fully saturated rings. The molecule has 0 aliphatic heterocycles. The second-order valence-electron chi connectivity index (χ2n) is 4.51. The van der Waals surface area contributed by atoms with Crippen LogP contribution in [0.5, 0.6) is 0 Å². The molecule has 18 heavy (non-hydrogen) atoms. The van der Waals surface area contributed by atoms with Gasteiger partial charge in [-0.1, -0.05) is 12.1 Å². The molecule has 0 aliphatic carbocycles. The number of carboxylic acid groups (broad SMARTS) is 1. The van der Waals surface area contributed by atoms with Gasteiger partial charge in [-0.15, -0.1) is 0 Å². The molecule has 0 atom stereocenters. The third kappa shape index (κ3) is 4.25. The Labute approximate surface area is 106 Å². The molecule has 1 aromatic carbocycles. The van der Waals surface area contributed by atoms with Crippen LogP contribution >= 0.6 is 0 Å². The van der Waals surface area contributed by atoms with Crippen molar-refractivity contribution in [1.29, 1.82) is 0 Å². The van der Waals surface area contributed by atoms with E-state index >= 15 is 0 Å². The van der Waals surface area contributed by atoms with E-state index in [-0.39, 0.29) is 0 Å². The number of anilines is 1. The lowest BCUT2D eigenvalue weighted by Crippen LogP contribution is -2.39. The number of benzene rings is 1. The molecule has 100 valence electrons.